The Balaban J connectivity index is 2.63. The van der Waals surface area contributed by atoms with Crippen molar-refractivity contribution in [3.8, 4) is 11.5 Å². The second kappa shape index (κ2) is 9.65. The summed E-state index contributed by atoms with van der Waals surface area (Å²) < 4.78 is 19.3. The molecule has 0 N–H and O–H groups in total. The summed E-state index contributed by atoms with van der Waals surface area (Å²) in [4.78, 5) is 0. The SMILES string of the molecule is C[O][Al]([O]c1c(C(C)(C)C)cccc1C(C)(C)C)[O]c1c(C(C)(C)C)cccc1C(C)(C)C. The maximum Gasteiger partial charge on any atom is 1.10 e. The number of rotatable bonds is 5. The molecule has 0 aliphatic rings. The standard InChI is InChI=1S/2C14H22O.CH3O.Al/c2*1-13(2,3)10-8-7-9-11(12(10)15)14(4,5)6;1-2;/h2*7-9,15H,1-6H3;1H3;/q;;-1;+3/p-2. The minimum absolute atomic E-state index is 0.0663. The van der Waals surface area contributed by atoms with E-state index in [2.05, 4.69) is 119 Å². The molecule has 0 aliphatic heterocycles. The van der Waals surface area contributed by atoms with E-state index < -0.39 is 15.1 Å². The summed E-state index contributed by atoms with van der Waals surface area (Å²) in [6, 6.07) is 12.9. The first-order valence-corrected chi connectivity index (χ1v) is 13.4. The molecular formula is C29H45AlO3. The van der Waals surface area contributed by atoms with Crippen LogP contribution in [0.3, 0.4) is 0 Å². The van der Waals surface area contributed by atoms with E-state index in [0.717, 1.165) is 11.5 Å². The third-order valence-corrected chi connectivity index (χ3v) is 7.12. The molecule has 182 valence electrons. The Bertz CT molecular complexity index is 809. The lowest BCUT2D eigenvalue weighted by Gasteiger charge is -2.33. The average molecular weight is 469 g/mol. The van der Waals surface area contributed by atoms with Crippen LogP contribution in [0.1, 0.15) is 105 Å². The summed E-state index contributed by atoms with van der Waals surface area (Å²) in [6.07, 6.45) is 0. The highest BCUT2D eigenvalue weighted by molar-refractivity contribution is 6.38. The zero-order valence-electron chi connectivity index (χ0n) is 23.3. The monoisotopic (exact) mass is 468 g/mol. The highest BCUT2D eigenvalue weighted by Gasteiger charge is 2.43. The Kier molecular flexibility index (Phi) is 8.12. The number of benzene rings is 2. The quantitative estimate of drug-likeness (QED) is 0.417. The molecule has 0 saturated carbocycles. The first-order chi connectivity index (χ1) is 14.9. The number of hydrogen-bond donors (Lipinski definition) is 0. The first-order valence-electron chi connectivity index (χ1n) is 12.0. The molecule has 0 unspecified atom stereocenters. The first kappa shape index (κ1) is 27.8. The van der Waals surface area contributed by atoms with E-state index in [9.17, 15) is 0 Å². The van der Waals surface area contributed by atoms with Gasteiger partial charge in [0.1, 0.15) is 0 Å². The number of hydrogen-bond acceptors (Lipinski definition) is 3. The second-order valence-corrected chi connectivity index (χ2v) is 14.6. The van der Waals surface area contributed by atoms with Gasteiger partial charge in [0, 0.05) is 7.11 Å². The van der Waals surface area contributed by atoms with Crippen molar-refractivity contribution in [2.75, 3.05) is 7.11 Å². The molecular weight excluding hydrogens is 423 g/mol. The average Bonchev–Trinajstić information content (AvgIpc) is 2.64. The summed E-state index contributed by atoms with van der Waals surface area (Å²) in [5.74, 6) is 1.81. The van der Waals surface area contributed by atoms with E-state index in [-0.39, 0.29) is 21.7 Å². The van der Waals surface area contributed by atoms with Crippen molar-refractivity contribution in [2.45, 2.75) is 105 Å². The second-order valence-electron chi connectivity index (χ2n) is 13.1. The van der Waals surface area contributed by atoms with Crippen molar-refractivity contribution in [2.24, 2.45) is 0 Å². The maximum atomic E-state index is 6.71. The zero-order valence-corrected chi connectivity index (χ0v) is 24.4. The Morgan fingerprint density at radius 3 is 0.909 bits per heavy atom. The molecule has 2 aromatic carbocycles. The molecule has 0 bridgehead atoms. The van der Waals surface area contributed by atoms with Crippen LogP contribution in [0.4, 0.5) is 0 Å². The van der Waals surface area contributed by atoms with Gasteiger partial charge in [0.2, 0.25) is 0 Å². The van der Waals surface area contributed by atoms with E-state index in [4.69, 9.17) is 11.4 Å². The molecule has 0 radical (unpaired) electrons. The van der Waals surface area contributed by atoms with Crippen LogP contribution in [-0.4, -0.2) is 22.3 Å². The molecule has 0 aromatic heterocycles. The minimum atomic E-state index is -2.57. The van der Waals surface area contributed by atoms with E-state index >= 15 is 0 Å². The van der Waals surface area contributed by atoms with Crippen LogP contribution in [0.15, 0.2) is 36.4 Å². The molecule has 0 aliphatic carbocycles. The molecule has 4 heteroatoms. The van der Waals surface area contributed by atoms with E-state index in [1.165, 1.54) is 22.3 Å². The summed E-state index contributed by atoms with van der Waals surface area (Å²) in [5.41, 5.74) is 4.43. The molecule has 0 atom stereocenters. The van der Waals surface area contributed by atoms with Crippen molar-refractivity contribution >= 4 is 15.1 Å². The highest BCUT2D eigenvalue weighted by Crippen LogP contribution is 2.42. The Hall–Kier alpha value is -1.47. The largest absolute Gasteiger partial charge is 1.10 e. The van der Waals surface area contributed by atoms with Gasteiger partial charge in [-0.25, -0.2) is 0 Å². The molecule has 2 rings (SSSR count). The molecule has 0 spiro atoms. The van der Waals surface area contributed by atoms with Gasteiger partial charge in [0.15, 0.2) is 0 Å². The van der Waals surface area contributed by atoms with Gasteiger partial charge in [-0.15, -0.1) is 0 Å². The van der Waals surface area contributed by atoms with Crippen molar-refractivity contribution in [3.05, 3.63) is 58.7 Å². The van der Waals surface area contributed by atoms with Gasteiger partial charge in [-0.05, 0) is 43.9 Å². The van der Waals surface area contributed by atoms with E-state index in [1.54, 1.807) is 7.11 Å². The fourth-order valence-corrected chi connectivity index (χ4v) is 5.14. The lowest BCUT2D eigenvalue weighted by molar-refractivity contribution is 0.239. The van der Waals surface area contributed by atoms with Gasteiger partial charge in [0.05, 0.1) is 11.5 Å². The van der Waals surface area contributed by atoms with Crippen LogP contribution in [-0.2, 0) is 25.4 Å². The fraction of sp³-hybridized carbons (Fsp3) is 0.586. The van der Waals surface area contributed by atoms with Gasteiger partial charge < -0.3 is 11.4 Å². The summed E-state index contributed by atoms with van der Waals surface area (Å²) in [6.45, 7) is 26.6. The molecule has 0 saturated heterocycles. The summed E-state index contributed by atoms with van der Waals surface area (Å²) in [7, 11) is 1.70. The normalized spacial score (nSPS) is 13.1. The van der Waals surface area contributed by atoms with Crippen molar-refractivity contribution < 1.29 is 11.4 Å². The molecule has 0 amide bonds. The van der Waals surface area contributed by atoms with Crippen LogP contribution in [0, 0.1) is 0 Å². The smallest absolute Gasteiger partial charge is 0.588 e. The van der Waals surface area contributed by atoms with Gasteiger partial charge in [-0.3, -0.25) is 0 Å². The predicted octanol–water partition coefficient (Wildman–Crippen LogP) is 7.97. The van der Waals surface area contributed by atoms with Gasteiger partial charge in [0.25, 0.3) is 0 Å². The molecule has 2 aromatic rings. The predicted molar refractivity (Wildman–Crippen MR) is 142 cm³/mol. The molecule has 0 heterocycles. The van der Waals surface area contributed by atoms with Gasteiger partial charge >= 0.3 is 15.1 Å². The molecule has 3 nitrogen and oxygen atoms in total. The van der Waals surface area contributed by atoms with E-state index in [1.807, 2.05) is 0 Å². The third kappa shape index (κ3) is 6.78. The van der Waals surface area contributed by atoms with Crippen molar-refractivity contribution in [3.63, 3.8) is 0 Å². The van der Waals surface area contributed by atoms with Crippen molar-refractivity contribution in [1.82, 2.24) is 0 Å². The Labute approximate surface area is 208 Å². The fourth-order valence-electron chi connectivity index (χ4n) is 4.00. The van der Waals surface area contributed by atoms with Gasteiger partial charge in [-0.1, -0.05) is 119 Å². The summed E-state index contributed by atoms with van der Waals surface area (Å²) in [5, 5.41) is 0. The highest BCUT2D eigenvalue weighted by atomic mass is 27.3. The topological polar surface area (TPSA) is 27.7 Å². The summed E-state index contributed by atoms with van der Waals surface area (Å²) >= 11 is -2.57. The van der Waals surface area contributed by atoms with Crippen molar-refractivity contribution in [1.29, 1.82) is 0 Å². The van der Waals surface area contributed by atoms with Crippen LogP contribution < -0.4 is 7.58 Å². The lowest BCUT2D eigenvalue weighted by atomic mass is 9.79. The lowest BCUT2D eigenvalue weighted by Crippen LogP contribution is -2.36. The minimum Gasteiger partial charge on any atom is -0.588 e. The van der Waals surface area contributed by atoms with Crippen LogP contribution in [0.2, 0.25) is 0 Å². The molecule has 0 fully saturated rings. The van der Waals surface area contributed by atoms with E-state index in [0.29, 0.717) is 0 Å². The zero-order chi connectivity index (χ0) is 25.4. The Morgan fingerprint density at radius 2 is 0.727 bits per heavy atom. The van der Waals surface area contributed by atoms with Crippen LogP contribution >= 0.6 is 0 Å². The maximum absolute atomic E-state index is 6.71. The molecule has 33 heavy (non-hydrogen) atoms. The third-order valence-electron chi connectivity index (χ3n) is 5.88. The van der Waals surface area contributed by atoms with Crippen LogP contribution in [0.5, 0.6) is 11.5 Å². The number of para-hydroxylation sites is 2. The van der Waals surface area contributed by atoms with Gasteiger partial charge in [-0.2, -0.15) is 0 Å². The van der Waals surface area contributed by atoms with Crippen LogP contribution in [0.25, 0.3) is 0 Å². The Morgan fingerprint density at radius 1 is 0.485 bits per heavy atom.